The molecule has 0 bridgehead atoms. The molecule has 2 amide bonds. The van der Waals surface area contributed by atoms with Gasteiger partial charge in [-0.25, -0.2) is 0 Å². The fourth-order valence-corrected chi connectivity index (χ4v) is 3.48. The Kier molecular flexibility index (Phi) is 6.65. The number of nitrogens with one attached hydrogen (secondary N) is 3. The van der Waals surface area contributed by atoms with Gasteiger partial charge >= 0.3 is 0 Å². The number of anilines is 2. The van der Waals surface area contributed by atoms with E-state index in [4.69, 9.17) is 9.47 Å². The monoisotopic (exact) mass is 498 g/mol. The molecule has 150 valence electrons. The third-order valence-corrected chi connectivity index (χ3v) is 4.87. The van der Waals surface area contributed by atoms with Crippen molar-refractivity contribution >= 4 is 45.9 Å². The number of aromatic amines is 1. The van der Waals surface area contributed by atoms with Crippen molar-refractivity contribution in [2.45, 2.75) is 12.8 Å². The van der Waals surface area contributed by atoms with Crippen molar-refractivity contribution in [1.82, 2.24) is 15.2 Å². The van der Waals surface area contributed by atoms with E-state index < -0.39 is 0 Å². The van der Waals surface area contributed by atoms with Crippen LogP contribution in [0.4, 0.5) is 11.5 Å². The minimum Gasteiger partial charge on any atom is -0.496 e. The second-order valence-electron chi connectivity index (χ2n) is 6.29. The average Bonchev–Trinajstić information content (AvgIpc) is 3.38. The number of halogens is 1. The van der Waals surface area contributed by atoms with Gasteiger partial charge in [0, 0.05) is 38.0 Å². The standard InChI is InChI=1S/C19H23IN4O4/c1-21-18(25)13-6-5-12(9-15(13)27-2)22-17-16(28-11-20)10-14(23-17)19(26)24-7-3-4-8-24/h5-6,9-10,22-23H,3-4,7-8,11H2,1-2H3,(H,21,25). The van der Waals surface area contributed by atoms with Gasteiger partial charge in [-0.2, -0.15) is 0 Å². The summed E-state index contributed by atoms with van der Waals surface area (Å²) in [5.41, 5.74) is 1.62. The Bertz CT molecular complexity index is 862. The van der Waals surface area contributed by atoms with Crippen molar-refractivity contribution in [3.63, 3.8) is 0 Å². The molecular weight excluding hydrogens is 475 g/mol. The van der Waals surface area contributed by atoms with Gasteiger partial charge in [0.2, 0.25) is 0 Å². The van der Waals surface area contributed by atoms with Crippen LogP contribution in [0.1, 0.15) is 33.7 Å². The number of aromatic nitrogens is 1. The summed E-state index contributed by atoms with van der Waals surface area (Å²) in [4.78, 5) is 29.6. The quantitative estimate of drug-likeness (QED) is 0.403. The third kappa shape index (κ3) is 4.34. The van der Waals surface area contributed by atoms with Crippen molar-refractivity contribution in [3.8, 4) is 11.5 Å². The van der Waals surface area contributed by atoms with Crippen LogP contribution in [-0.2, 0) is 0 Å². The summed E-state index contributed by atoms with van der Waals surface area (Å²) in [5.74, 6) is 1.33. The van der Waals surface area contributed by atoms with Gasteiger partial charge < -0.3 is 30.0 Å². The van der Waals surface area contributed by atoms with Crippen LogP contribution in [0.3, 0.4) is 0 Å². The molecule has 1 aromatic heterocycles. The first-order valence-corrected chi connectivity index (χ1v) is 10.5. The van der Waals surface area contributed by atoms with E-state index in [0.29, 0.717) is 38.9 Å². The zero-order chi connectivity index (χ0) is 20.1. The highest BCUT2D eigenvalue weighted by molar-refractivity contribution is 14.1. The van der Waals surface area contributed by atoms with Gasteiger partial charge in [-0.3, -0.25) is 9.59 Å². The minimum atomic E-state index is -0.226. The van der Waals surface area contributed by atoms with E-state index in [2.05, 4.69) is 38.2 Å². The number of rotatable bonds is 7. The maximum Gasteiger partial charge on any atom is 0.270 e. The maximum atomic E-state index is 12.7. The molecule has 28 heavy (non-hydrogen) atoms. The number of hydrogen-bond donors (Lipinski definition) is 3. The molecule has 0 spiro atoms. The minimum absolute atomic E-state index is 0.0311. The van der Waals surface area contributed by atoms with Gasteiger partial charge in [-0.15, -0.1) is 0 Å². The zero-order valence-corrected chi connectivity index (χ0v) is 18.0. The van der Waals surface area contributed by atoms with Gasteiger partial charge in [0.15, 0.2) is 11.6 Å². The zero-order valence-electron chi connectivity index (χ0n) is 15.8. The Morgan fingerprint density at radius 2 is 1.96 bits per heavy atom. The fraction of sp³-hybridized carbons (Fsp3) is 0.368. The summed E-state index contributed by atoms with van der Waals surface area (Å²) in [6.45, 7) is 1.56. The SMILES string of the molecule is CNC(=O)c1ccc(Nc2[nH]c(C(=O)N3CCCC3)cc2OCI)cc1OC. The van der Waals surface area contributed by atoms with Gasteiger partial charge in [-0.1, -0.05) is 0 Å². The van der Waals surface area contributed by atoms with Crippen LogP contribution in [-0.4, -0.2) is 53.6 Å². The van der Waals surface area contributed by atoms with Crippen molar-refractivity contribution < 1.29 is 19.1 Å². The molecule has 2 heterocycles. The molecule has 8 nitrogen and oxygen atoms in total. The third-order valence-electron chi connectivity index (χ3n) is 4.56. The molecule has 1 saturated heterocycles. The van der Waals surface area contributed by atoms with Crippen LogP contribution in [0.5, 0.6) is 11.5 Å². The van der Waals surface area contributed by atoms with Crippen molar-refractivity contribution in [2.24, 2.45) is 0 Å². The molecule has 9 heteroatoms. The van der Waals surface area contributed by atoms with Gasteiger partial charge in [-0.05, 0) is 47.6 Å². The molecule has 0 unspecified atom stereocenters. The topological polar surface area (TPSA) is 95.7 Å². The molecule has 1 fully saturated rings. The second kappa shape index (κ2) is 9.18. The van der Waals surface area contributed by atoms with E-state index in [1.165, 1.54) is 7.11 Å². The van der Waals surface area contributed by atoms with Gasteiger partial charge in [0.25, 0.3) is 11.8 Å². The van der Waals surface area contributed by atoms with E-state index in [1.54, 1.807) is 31.3 Å². The molecule has 1 aliphatic heterocycles. The van der Waals surface area contributed by atoms with Crippen molar-refractivity contribution in [1.29, 1.82) is 0 Å². The van der Waals surface area contributed by atoms with Crippen molar-refractivity contribution in [2.75, 3.05) is 37.2 Å². The lowest BCUT2D eigenvalue weighted by molar-refractivity contribution is 0.0787. The number of likely N-dealkylation sites (tertiary alicyclic amines) is 1. The van der Waals surface area contributed by atoms with Crippen LogP contribution >= 0.6 is 22.6 Å². The predicted octanol–water partition coefficient (Wildman–Crippen LogP) is 3.13. The van der Waals surface area contributed by atoms with Crippen LogP contribution in [0.15, 0.2) is 24.3 Å². The lowest BCUT2D eigenvalue weighted by Gasteiger charge is -2.13. The van der Waals surface area contributed by atoms with E-state index >= 15 is 0 Å². The van der Waals surface area contributed by atoms with E-state index in [0.717, 1.165) is 25.9 Å². The number of methoxy groups -OCH3 is 1. The molecular formula is C19H23IN4O4. The molecule has 1 aromatic carbocycles. The molecule has 1 aliphatic rings. The number of hydrogen-bond acceptors (Lipinski definition) is 5. The summed E-state index contributed by atoms with van der Waals surface area (Å²) in [6, 6.07) is 6.89. The van der Waals surface area contributed by atoms with E-state index in [1.807, 2.05) is 4.90 Å². The van der Waals surface area contributed by atoms with E-state index in [-0.39, 0.29) is 11.8 Å². The highest BCUT2D eigenvalue weighted by Crippen LogP contribution is 2.32. The number of H-pyrrole nitrogens is 1. The summed E-state index contributed by atoms with van der Waals surface area (Å²) >= 11 is 2.11. The number of ether oxygens (including phenoxy) is 2. The maximum absolute atomic E-state index is 12.7. The Balaban J connectivity index is 1.86. The molecule has 0 saturated carbocycles. The summed E-state index contributed by atoms with van der Waals surface area (Å²) in [6.07, 6.45) is 2.07. The first-order valence-electron chi connectivity index (χ1n) is 8.95. The fourth-order valence-electron chi connectivity index (χ4n) is 3.14. The molecule has 0 atom stereocenters. The smallest absolute Gasteiger partial charge is 0.270 e. The number of amides is 2. The highest BCUT2D eigenvalue weighted by atomic mass is 127. The summed E-state index contributed by atoms with van der Waals surface area (Å²) in [5, 5.41) is 5.80. The molecule has 0 aliphatic carbocycles. The lowest BCUT2D eigenvalue weighted by atomic mass is 10.1. The Hall–Kier alpha value is -2.43. The Morgan fingerprint density at radius 1 is 1.21 bits per heavy atom. The largest absolute Gasteiger partial charge is 0.496 e. The lowest BCUT2D eigenvalue weighted by Crippen LogP contribution is -2.27. The predicted molar refractivity (Wildman–Crippen MR) is 115 cm³/mol. The van der Waals surface area contributed by atoms with Gasteiger partial charge in [0.1, 0.15) is 16.1 Å². The second-order valence-corrected chi connectivity index (χ2v) is 6.92. The first kappa shape index (κ1) is 20.3. The number of carbonyl (C=O) groups is 2. The number of nitrogens with zero attached hydrogens (tertiary/aromatic N) is 1. The molecule has 3 N–H and O–H groups in total. The van der Waals surface area contributed by atoms with E-state index in [9.17, 15) is 9.59 Å². The Labute approximate surface area is 177 Å². The van der Waals surface area contributed by atoms with Gasteiger partial charge in [0.05, 0.1) is 12.7 Å². The summed E-state index contributed by atoms with van der Waals surface area (Å²) < 4.78 is 11.4. The van der Waals surface area contributed by atoms with Crippen LogP contribution in [0.2, 0.25) is 0 Å². The average molecular weight is 498 g/mol. The molecule has 3 rings (SSSR count). The highest BCUT2D eigenvalue weighted by Gasteiger charge is 2.23. The number of carbonyl (C=O) groups excluding carboxylic acids is 2. The van der Waals surface area contributed by atoms with Crippen LogP contribution in [0.25, 0.3) is 0 Å². The molecule has 2 aromatic rings. The van der Waals surface area contributed by atoms with Crippen LogP contribution < -0.4 is 20.1 Å². The number of alkyl halides is 1. The number of benzene rings is 1. The normalized spacial score (nSPS) is 13.3. The Morgan fingerprint density at radius 3 is 2.61 bits per heavy atom. The first-order chi connectivity index (χ1) is 13.6. The summed E-state index contributed by atoms with van der Waals surface area (Å²) in [7, 11) is 3.08. The van der Waals surface area contributed by atoms with Crippen LogP contribution in [0, 0.1) is 0 Å². The van der Waals surface area contributed by atoms with Crippen molar-refractivity contribution in [3.05, 3.63) is 35.5 Å². The molecule has 0 radical (unpaired) electrons.